The zero-order valence-electron chi connectivity index (χ0n) is 11.4. The molecule has 0 unspecified atom stereocenters. The Morgan fingerprint density at radius 2 is 1.89 bits per heavy atom. The van der Waals surface area contributed by atoms with Crippen molar-refractivity contribution in [1.29, 1.82) is 0 Å². The van der Waals surface area contributed by atoms with E-state index in [9.17, 15) is 8.42 Å². The smallest absolute Gasteiger partial charge is 0.179 e. The first-order chi connectivity index (χ1) is 8.42. The lowest BCUT2D eigenvalue weighted by molar-refractivity contribution is 0.411. The van der Waals surface area contributed by atoms with Crippen molar-refractivity contribution in [1.82, 2.24) is 5.32 Å². The van der Waals surface area contributed by atoms with Gasteiger partial charge in [0.25, 0.3) is 0 Å². The van der Waals surface area contributed by atoms with Crippen molar-refractivity contribution < 1.29 is 13.2 Å². The standard InChI is InChI=1S/C13H21NO3S/c1-5-14-6-7-18(15,16)13-9-10(2)12(17-4)8-11(13)3/h8-9,14H,5-7H2,1-4H3. The predicted octanol–water partition coefficient (Wildman–Crippen LogP) is 1.70. The third-order valence-corrected chi connectivity index (χ3v) is 4.68. The van der Waals surface area contributed by atoms with Crippen molar-refractivity contribution in [3.63, 3.8) is 0 Å². The molecule has 4 nitrogen and oxygen atoms in total. The summed E-state index contributed by atoms with van der Waals surface area (Å²) in [5.41, 5.74) is 1.57. The Hall–Kier alpha value is -1.07. The lowest BCUT2D eigenvalue weighted by Gasteiger charge is -2.12. The van der Waals surface area contributed by atoms with Crippen LogP contribution in [0.4, 0.5) is 0 Å². The van der Waals surface area contributed by atoms with E-state index in [2.05, 4.69) is 5.32 Å². The minimum Gasteiger partial charge on any atom is -0.496 e. The van der Waals surface area contributed by atoms with Gasteiger partial charge in [0.1, 0.15) is 5.75 Å². The topological polar surface area (TPSA) is 55.4 Å². The summed E-state index contributed by atoms with van der Waals surface area (Å²) < 4.78 is 29.6. The largest absolute Gasteiger partial charge is 0.496 e. The maximum atomic E-state index is 12.2. The van der Waals surface area contributed by atoms with Gasteiger partial charge in [-0.05, 0) is 43.7 Å². The fraction of sp³-hybridized carbons (Fsp3) is 0.538. The van der Waals surface area contributed by atoms with Gasteiger partial charge >= 0.3 is 0 Å². The molecule has 1 aromatic rings. The molecule has 0 bridgehead atoms. The SMILES string of the molecule is CCNCCS(=O)(=O)c1cc(C)c(OC)cc1C. The monoisotopic (exact) mass is 271 g/mol. The Bertz CT molecular complexity index is 509. The minimum absolute atomic E-state index is 0.119. The molecule has 0 aromatic heterocycles. The summed E-state index contributed by atoms with van der Waals surface area (Å²) in [6, 6.07) is 3.46. The van der Waals surface area contributed by atoms with Crippen molar-refractivity contribution in [3.8, 4) is 5.75 Å². The molecule has 18 heavy (non-hydrogen) atoms. The van der Waals surface area contributed by atoms with Crippen LogP contribution in [0.3, 0.4) is 0 Å². The number of aryl methyl sites for hydroxylation is 2. The summed E-state index contributed by atoms with van der Waals surface area (Å²) in [5.74, 6) is 0.839. The number of rotatable bonds is 6. The fourth-order valence-electron chi connectivity index (χ4n) is 1.81. The number of methoxy groups -OCH3 is 1. The molecule has 1 rings (SSSR count). The maximum Gasteiger partial charge on any atom is 0.179 e. The molecule has 1 aromatic carbocycles. The molecule has 0 heterocycles. The summed E-state index contributed by atoms with van der Waals surface area (Å²) in [5, 5.41) is 3.03. The van der Waals surface area contributed by atoms with Crippen molar-refractivity contribution >= 4 is 9.84 Å². The molecule has 0 saturated heterocycles. The first-order valence-electron chi connectivity index (χ1n) is 6.01. The highest BCUT2D eigenvalue weighted by Gasteiger charge is 2.18. The van der Waals surface area contributed by atoms with Gasteiger partial charge in [-0.3, -0.25) is 0 Å². The summed E-state index contributed by atoms with van der Waals surface area (Å²) in [6.45, 7) is 6.85. The number of hydrogen-bond donors (Lipinski definition) is 1. The van der Waals surface area contributed by atoms with E-state index in [1.54, 1.807) is 26.2 Å². The van der Waals surface area contributed by atoms with E-state index in [0.29, 0.717) is 11.4 Å². The molecule has 102 valence electrons. The van der Waals surface area contributed by atoms with Crippen molar-refractivity contribution in [2.75, 3.05) is 26.0 Å². The zero-order chi connectivity index (χ0) is 13.8. The second-order valence-corrected chi connectivity index (χ2v) is 6.34. The van der Waals surface area contributed by atoms with Crippen LogP contribution in [0, 0.1) is 13.8 Å². The first kappa shape index (κ1) is 15.0. The van der Waals surface area contributed by atoms with E-state index in [-0.39, 0.29) is 5.75 Å². The maximum absolute atomic E-state index is 12.2. The molecule has 1 N–H and O–H groups in total. The molecule has 0 saturated carbocycles. The molecule has 0 spiro atoms. The van der Waals surface area contributed by atoms with Crippen molar-refractivity contribution in [2.45, 2.75) is 25.7 Å². The number of benzene rings is 1. The molecule has 0 aliphatic heterocycles. The summed E-state index contributed by atoms with van der Waals surface area (Å²) in [6.07, 6.45) is 0. The highest BCUT2D eigenvalue weighted by atomic mass is 32.2. The van der Waals surface area contributed by atoms with Crippen LogP contribution in [0.2, 0.25) is 0 Å². The average molecular weight is 271 g/mol. The van der Waals surface area contributed by atoms with E-state index in [1.165, 1.54) is 0 Å². The summed E-state index contributed by atoms with van der Waals surface area (Å²) in [7, 11) is -1.64. The van der Waals surface area contributed by atoms with Crippen molar-refractivity contribution in [3.05, 3.63) is 23.3 Å². The van der Waals surface area contributed by atoms with Crippen LogP contribution in [0.5, 0.6) is 5.75 Å². The van der Waals surface area contributed by atoms with Gasteiger partial charge in [-0.25, -0.2) is 8.42 Å². The van der Waals surface area contributed by atoms with Gasteiger partial charge in [0.2, 0.25) is 0 Å². The summed E-state index contributed by atoms with van der Waals surface area (Å²) >= 11 is 0. The van der Waals surface area contributed by atoms with Crippen LogP contribution in [-0.2, 0) is 9.84 Å². The van der Waals surface area contributed by atoms with Crippen molar-refractivity contribution in [2.24, 2.45) is 0 Å². The molecule has 0 atom stereocenters. The molecular weight excluding hydrogens is 250 g/mol. The number of nitrogens with one attached hydrogen (secondary N) is 1. The quantitative estimate of drug-likeness (QED) is 0.800. The molecule has 0 amide bonds. The van der Waals surface area contributed by atoms with Crippen LogP contribution in [0.1, 0.15) is 18.1 Å². The summed E-state index contributed by atoms with van der Waals surface area (Å²) in [4.78, 5) is 0.402. The molecule has 0 aliphatic carbocycles. The van der Waals surface area contributed by atoms with E-state index < -0.39 is 9.84 Å². The molecule has 0 fully saturated rings. The molecule has 0 aliphatic rings. The average Bonchev–Trinajstić information content (AvgIpc) is 2.31. The van der Waals surface area contributed by atoms with Crippen LogP contribution in [0.15, 0.2) is 17.0 Å². The Morgan fingerprint density at radius 1 is 1.22 bits per heavy atom. The van der Waals surface area contributed by atoms with Gasteiger partial charge in [-0.2, -0.15) is 0 Å². The number of ether oxygens (including phenoxy) is 1. The Kier molecular flexibility index (Phi) is 5.16. The van der Waals surface area contributed by atoms with Crippen LogP contribution in [-0.4, -0.2) is 34.4 Å². The minimum atomic E-state index is -3.23. The van der Waals surface area contributed by atoms with Gasteiger partial charge < -0.3 is 10.1 Å². The lowest BCUT2D eigenvalue weighted by atomic mass is 10.1. The Morgan fingerprint density at radius 3 is 2.44 bits per heavy atom. The van der Waals surface area contributed by atoms with Crippen LogP contribution >= 0.6 is 0 Å². The van der Waals surface area contributed by atoms with Gasteiger partial charge in [0, 0.05) is 6.54 Å². The second kappa shape index (κ2) is 6.20. The first-order valence-corrected chi connectivity index (χ1v) is 7.66. The molecular formula is C13H21NO3S. The third-order valence-electron chi connectivity index (χ3n) is 2.83. The van der Waals surface area contributed by atoms with E-state index in [1.807, 2.05) is 13.8 Å². The van der Waals surface area contributed by atoms with Gasteiger partial charge in [-0.15, -0.1) is 0 Å². The molecule has 5 heteroatoms. The molecule has 0 radical (unpaired) electrons. The van der Waals surface area contributed by atoms with E-state index >= 15 is 0 Å². The fourth-order valence-corrected chi connectivity index (χ4v) is 3.35. The number of hydrogen-bond acceptors (Lipinski definition) is 4. The normalized spacial score (nSPS) is 11.6. The lowest BCUT2D eigenvalue weighted by Crippen LogP contribution is -2.23. The van der Waals surface area contributed by atoms with E-state index in [4.69, 9.17) is 4.74 Å². The van der Waals surface area contributed by atoms with Crippen LogP contribution < -0.4 is 10.1 Å². The second-order valence-electron chi connectivity index (χ2n) is 4.26. The Balaban J connectivity index is 3.05. The zero-order valence-corrected chi connectivity index (χ0v) is 12.2. The Labute approximate surface area is 109 Å². The predicted molar refractivity (Wildman–Crippen MR) is 73.1 cm³/mol. The van der Waals surface area contributed by atoms with Crippen LogP contribution in [0.25, 0.3) is 0 Å². The van der Waals surface area contributed by atoms with Gasteiger partial charge in [0.05, 0.1) is 17.8 Å². The highest BCUT2D eigenvalue weighted by molar-refractivity contribution is 7.91. The van der Waals surface area contributed by atoms with Gasteiger partial charge in [-0.1, -0.05) is 6.92 Å². The van der Waals surface area contributed by atoms with Gasteiger partial charge in [0.15, 0.2) is 9.84 Å². The van der Waals surface area contributed by atoms with E-state index in [0.717, 1.165) is 23.4 Å². The highest BCUT2D eigenvalue weighted by Crippen LogP contribution is 2.26. The number of sulfone groups is 1. The third kappa shape index (κ3) is 3.46.